The van der Waals surface area contributed by atoms with Crippen LogP contribution in [0, 0.1) is 0 Å². The van der Waals surface area contributed by atoms with Gasteiger partial charge in [0.1, 0.15) is 5.54 Å². The summed E-state index contributed by atoms with van der Waals surface area (Å²) in [6, 6.07) is 13.3. The molecule has 5 nitrogen and oxygen atoms in total. The largest absolute Gasteiger partial charge is 0.325 e. The number of hydrogen-bond acceptors (Lipinski definition) is 3. The van der Waals surface area contributed by atoms with Crippen molar-refractivity contribution in [3.8, 4) is 0 Å². The molecule has 1 atom stereocenters. The highest BCUT2D eigenvalue weighted by molar-refractivity contribution is 6.30. The Morgan fingerprint density at radius 3 is 2.27 bits per heavy atom. The number of carbonyl (C=O) groups excluding carboxylic acids is 3. The lowest BCUT2D eigenvalue weighted by Gasteiger charge is -2.22. The van der Waals surface area contributed by atoms with Crippen molar-refractivity contribution in [2.75, 3.05) is 6.54 Å². The molecule has 3 rings (SSSR count). The maximum atomic E-state index is 12.8. The van der Waals surface area contributed by atoms with E-state index in [-0.39, 0.29) is 12.3 Å². The van der Waals surface area contributed by atoms with Crippen LogP contribution in [0.3, 0.4) is 0 Å². The van der Waals surface area contributed by atoms with E-state index in [9.17, 15) is 14.4 Å². The Hall–Kier alpha value is -2.66. The summed E-state index contributed by atoms with van der Waals surface area (Å²) in [5, 5.41) is 3.22. The van der Waals surface area contributed by atoms with E-state index in [0.29, 0.717) is 16.1 Å². The molecule has 0 saturated carbocycles. The van der Waals surface area contributed by atoms with Crippen molar-refractivity contribution >= 4 is 29.3 Å². The minimum absolute atomic E-state index is 0.281. The number of amides is 3. The Kier molecular flexibility index (Phi) is 4.83. The molecule has 1 heterocycles. The minimum atomic E-state index is -1.21. The highest BCUT2D eigenvalue weighted by Crippen LogP contribution is 2.29. The molecule has 3 amide bonds. The van der Waals surface area contributed by atoms with Crippen molar-refractivity contribution in [1.29, 1.82) is 0 Å². The number of urea groups is 1. The highest BCUT2D eigenvalue weighted by Gasteiger charge is 2.49. The summed E-state index contributed by atoms with van der Waals surface area (Å²) in [7, 11) is 0. The third-order valence-electron chi connectivity index (χ3n) is 4.68. The van der Waals surface area contributed by atoms with Crippen LogP contribution >= 0.6 is 11.6 Å². The van der Waals surface area contributed by atoms with Crippen molar-refractivity contribution in [2.24, 2.45) is 0 Å². The van der Waals surface area contributed by atoms with Crippen molar-refractivity contribution in [3.63, 3.8) is 0 Å². The molecule has 0 aromatic heterocycles. The van der Waals surface area contributed by atoms with Gasteiger partial charge in [-0.15, -0.1) is 0 Å². The Labute approximate surface area is 156 Å². The van der Waals surface area contributed by atoms with Gasteiger partial charge in [-0.05, 0) is 36.6 Å². The summed E-state index contributed by atoms with van der Waals surface area (Å²) in [4.78, 5) is 38.6. The zero-order valence-electron chi connectivity index (χ0n) is 14.6. The zero-order valence-corrected chi connectivity index (χ0v) is 15.3. The fourth-order valence-corrected chi connectivity index (χ4v) is 3.11. The predicted octanol–water partition coefficient (Wildman–Crippen LogP) is 3.55. The summed E-state index contributed by atoms with van der Waals surface area (Å²) in [5.41, 5.74) is 0.992. The number of rotatable bonds is 5. The molecule has 0 aliphatic carbocycles. The van der Waals surface area contributed by atoms with E-state index in [1.54, 1.807) is 43.3 Å². The van der Waals surface area contributed by atoms with Crippen LogP contribution in [0.15, 0.2) is 48.5 Å². The summed E-state index contributed by atoms with van der Waals surface area (Å²) >= 11 is 5.89. The number of Topliss-reactive ketones (excluding diaryl/α,β-unsaturated/α-hetero) is 1. The lowest BCUT2D eigenvalue weighted by Crippen LogP contribution is -2.41. The summed E-state index contributed by atoms with van der Waals surface area (Å²) < 4.78 is 0. The Balaban J connectivity index is 1.80. The molecule has 1 fully saturated rings. The Morgan fingerprint density at radius 1 is 1.08 bits per heavy atom. The number of ketones is 1. The first-order valence-corrected chi connectivity index (χ1v) is 8.75. The normalized spacial score (nSPS) is 19.6. The topological polar surface area (TPSA) is 66.5 Å². The molecule has 26 heavy (non-hydrogen) atoms. The summed E-state index contributed by atoms with van der Waals surface area (Å²) in [6.45, 7) is 3.36. The van der Waals surface area contributed by atoms with Crippen LogP contribution in [-0.2, 0) is 16.8 Å². The van der Waals surface area contributed by atoms with Gasteiger partial charge in [0.15, 0.2) is 5.78 Å². The zero-order chi connectivity index (χ0) is 18.9. The highest BCUT2D eigenvalue weighted by atomic mass is 35.5. The van der Waals surface area contributed by atoms with Gasteiger partial charge in [-0.3, -0.25) is 14.5 Å². The average Bonchev–Trinajstić information content (AvgIpc) is 2.86. The van der Waals surface area contributed by atoms with E-state index in [0.717, 1.165) is 16.9 Å². The van der Waals surface area contributed by atoms with Crippen molar-refractivity contribution in [3.05, 3.63) is 70.2 Å². The SMILES string of the molecule is CCc1ccc(C(=O)CN2C(=O)NC(C)(c3ccc(Cl)cc3)C2=O)cc1. The van der Waals surface area contributed by atoms with Crippen LogP contribution in [0.5, 0.6) is 0 Å². The second kappa shape index (κ2) is 6.92. The molecule has 1 saturated heterocycles. The van der Waals surface area contributed by atoms with E-state index in [2.05, 4.69) is 5.32 Å². The molecule has 2 aromatic rings. The molecule has 6 heteroatoms. The van der Waals surface area contributed by atoms with E-state index in [1.165, 1.54) is 0 Å². The second-order valence-corrected chi connectivity index (χ2v) is 6.86. The predicted molar refractivity (Wildman–Crippen MR) is 99.2 cm³/mol. The van der Waals surface area contributed by atoms with E-state index < -0.39 is 17.5 Å². The van der Waals surface area contributed by atoms with Crippen LogP contribution in [0.2, 0.25) is 5.02 Å². The standard InChI is InChI=1S/C20H19ClN2O3/c1-3-13-4-6-14(7-5-13)17(24)12-23-18(25)20(2,22-19(23)26)15-8-10-16(21)11-9-15/h4-11H,3,12H2,1-2H3,(H,22,26). The molecule has 0 spiro atoms. The first-order chi connectivity index (χ1) is 12.3. The Morgan fingerprint density at radius 2 is 1.69 bits per heavy atom. The van der Waals surface area contributed by atoms with Gasteiger partial charge in [0.25, 0.3) is 5.91 Å². The Bertz CT molecular complexity index is 862. The number of hydrogen-bond donors (Lipinski definition) is 1. The van der Waals surface area contributed by atoms with Gasteiger partial charge in [-0.1, -0.05) is 54.9 Å². The summed E-state index contributed by atoms with van der Waals surface area (Å²) in [5.74, 6) is -0.736. The monoisotopic (exact) mass is 370 g/mol. The maximum Gasteiger partial charge on any atom is 0.325 e. The summed E-state index contributed by atoms with van der Waals surface area (Å²) in [6.07, 6.45) is 0.876. The van der Waals surface area contributed by atoms with Crippen molar-refractivity contribution < 1.29 is 14.4 Å². The van der Waals surface area contributed by atoms with Crippen molar-refractivity contribution in [2.45, 2.75) is 25.8 Å². The first kappa shape index (κ1) is 18.1. The molecule has 1 N–H and O–H groups in total. The number of imide groups is 1. The van der Waals surface area contributed by atoms with Gasteiger partial charge >= 0.3 is 6.03 Å². The smallest absolute Gasteiger partial charge is 0.319 e. The molecule has 0 radical (unpaired) electrons. The maximum absolute atomic E-state index is 12.8. The molecule has 1 unspecified atom stereocenters. The lowest BCUT2D eigenvalue weighted by molar-refractivity contribution is -0.130. The van der Waals surface area contributed by atoms with E-state index >= 15 is 0 Å². The van der Waals surface area contributed by atoms with E-state index in [4.69, 9.17) is 11.6 Å². The molecule has 2 aromatic carbocycles. The quantitative estimate of drug-likeness (QED) is 0.646. The van der Waals surface area contributed by atoms with Gasteiger partial charge in [-0.25, -0.2) is 4.79 Å². The van der Waals surface area contributed by atoms with Crippen LogP contribution in [-0.4, -0.2) is 29.2 Å². The van der Waals surface area contributed by atoms with Gasteiger partial charge in [0.2, 0.25) is 0 Å². The number of carbonyl (C=O) groups is 3. The van der Waals surface area contributed by atoms with E-state index in [1.807, 2.05) is 19.1 Å². The van der Waals surface area contributed by atoms with Gasteiger partial charge in [0.05, 0.1) is 6.54 Å². The van der Waals surface area contributed by atoms with Crippen LogP contribution in [0.4, 0.5) is 4.79 Å². The van der Waals surface area contributed by atoms with Gasteiger partial charge in [0, 0.05) is 10.6 Å². The third-order valence-corrected chi connectivity index (χ3v) is 4.93. The second-order valence-electron chi connectivity index (χ2n) is 6.43. The molecule has 1 aliphatic rings. The van der Waals surface area contributed by atoms with Crippen LogP contribution in [0.25, 0.3) is 0 Å². The molecule has 0 bridgehead atoms. The minimum Gasteiger partial charge on any atom is -0.319 e. The van der Waals surface area contributed by atoms with Gasteiger partial charge in [-0.2, -0.15) is 0 Å². The number of nitrogens with zero attached hydrogens (tertiary/aromatic N) is 1. The number of nitrogens with one attached hydrogen (secondary N) is 1. The van der Waals surface area contributed by atoms with Crippen LogP contribution in [0.1, 0.15) is 35.3 Å². The first-order valence-electron chi connectivity index (χ1n) is 8.37. The lowest BCUT2D eigenvalue weighted by atomic mass is 9.92. The molecule has 1 aliphatic heterocycles. The average molecular weight is 371 g/mol. The number of aryl methyl sites for hydroxylation is 1. The molecular formula is C20H19ClN2O3. The fourth-order valence-electron chi connectivity index (χ4n) is 2.98. The molecule has 134 valence electrons. The molecular weight excluding hydrogens is 352 g/mol. The third kappa shape index (κ3) is 3.22. The van der Waals surface area contributed by atoms with Crippen molar-refractivity contribution in [1.82, 2.24) is 10.2 Å². The number of halogens is 1. The van der Waals surface area contributed by atoms with Crippen LogP contribution < -0.4 is 5.32 Å². The van der Waals surface area contributed by atoms with Gasteiger partial charge < -0.3 is 5.32 Å². The fraction of sp³-hybridized carbons (Fsp3) is 0.250. The number of benzene rings is 2.